The summed E-state index contributed by atoms with van der Waals surface area (Å²) in [6.07, 6.45) is 6.15. The maximum Gasteiger partial charge on any atom is 0.224 e. The van der Waals surface area contributed by atoms with Gasteiger partial charge in [-0.05, 0) is 18.9 Å². The molecule has 1 aliphatic heterocycles. The van der Waals surface area contributed by atoms with Gasteiger partial charge >= 0.3 is 0 Å². The lowest BCUT2D eigenvalue weighted by Gasteiger charge is -2.14. The van der Waals surface area contributed by atoms with E-state index in [2.05, 4.69) is 15.3 Å². The molecular formula is C11H16N4O. The molecule has 1 aliphatic rings. The number of hydrogen-bond acceptors (Lipinski definition) is 4. The third-order valence-electron chi connectivity index (χ3n) is 2.65. The molecule has 1 aromatic rings. The summed E-state index contributed by atoms with van der Waals surface area (Å²) < 4.78 is 0. The Morgan fingerprint density at radius 1 is 1.31 bits per heavy atom. The third-order valence-corrected chi connectivity index (χ3v) is 2.65. The van der Waals surface area contributed by atoms with E-state index in [1.165, 1.54) is 0 Å². The van der Waals surface area contributed by atoms with Gasteiger partial charge in [0.1, 0.15) is 0 Å². The first-order valence-electron chi connectivity index (χ1n) is 5.65. The molecule has 0 atom stereocenters. The fourth-order valence-electron chi connectivity index (χ4n) is 1.80. The van der Waals surface area contributed by atoms with Crippen LogP contribution in [-0.4, -0.2) is 40.4 Å². The summed E-state index contributed by atoms with van der Waals surface area (Å²) >= 11 is 0. The maximum absolute atomic E-state index is 11.7. The van der Waals surface area contributed by atoms with Crippen LogP contribution in [0.3, 0.4) is 0 Å². The molecule has 0 aromatic carbocycles. The Bertz CT molecular complexity index is 335. The smallest absolute Gasteiger partial charge is 0.224 e. The van der Waals surface area contributed by atoms with Gasteiger partial charge in [0.25, 0.3) is 0 Å². The van der Waals surface area contributed by atoms with Crippen LogP contribution in [-0.2, 0) is 4.79 Å². The van der Waals surface area contributed by atoms with E-state index in [1.54, 1.807) is 18.5 Å². The predicted molar refractivity (Wildman–Crippen MR) is 61.0 cm³/mol. The lowest BCUT2D eigenvalue weighted by Crippen LogP contribution is -2.29. The van der Waals surface area contributed by atoms with E-state index in [-0.39, 0.29) is 5.91 Å². The number of rotatable bonds is 4. The topological polar surface area (TPSA) is 58.1 Å². The number of carbonyl (C=O) groups excluding carboxylic acids is 1. The van der Waals surface area contributed by atoms with Crippen molar-refractivity contribution in [1.29, 1.82) is 0 Å². The second kappa shape index (κ2) is 5.44. The zero-order chi connectivity index (χ0) is 11.2. The standard InChI is InChI=1S/C11H16N4O/c16-10(15-8-1-2-9-15)4-7-14-11-12-5-3-6-13-11/h3,5-6H,1-2,4,7-9H2,(H,12,13,14). The minimum atomic E-state index is 0.223. The Morgan fingerprint density at radius 3 is 2.69 bits per heavy atom. The van der Waals surface area contributed by atoms with E-state index in [1.807, 2.05) is 4.90 Å². The average Bonchev–Trinajstić information content (AvgIpc) is 2.84. The van der Waals surface area contributed by atoms with Gasteiger partial charge in [0.05, 0.1) is 0 Å². The summed E-state index contributed by atoms with van der Waals surface area (Å²) in [6, 6.07) is 1.76. The summed E-state index contributed by atoms with van der Waals surface area (Å²) in [5, 5.41) is 3.03. The van der Waals surface area contributed by atoms with Crippen LogP contribution < -0.4 is 5.32 Å². The summed E-state index contributed by atoms with van der Waals surface area (Å²) in [4.78, 5) is 21.7. The van der Waals surface area contributed by atoms with Crippen LogP contribution in [0.1, 0.15) is 19.3 Å². The first-order chi connectivity index (χ1) is 7.86. The lowest BCUT2D eigenvalue weighted by molar-refractivity contribution is -0.129. The third kappa shape index (κ3) is 2.92. The molecule has 2 heterocycles. The van der Waals surface area contributed by atoms with Crippen molar-refractivity contribution >= 4 is 11.9 Å². The van der Waals surface area contributed by atoms with Crippen LogP contribution in [0.2, 0.25) is 0 Å². The normalized spacial score (nSPS) is 15.1. The number of carbonyl (C=O) groups is 1. The van der Waals surface area contributed by atoms with Crippen molar-refractivity contribution in [2.75, 3.05) is 25.0 Å². The molecular weight excluding hydrogens is 204 g/mol. The number of aromatic nitrogens is 2. The molecule has 0 saturated carbocycles. The molecule has 0 aliphatic carbocycles. The molecule has 0 bridgehead atoms. The number of amides is 1. The van der Waals surface area contributed by atoms with Crippen LogP contribution >= 0.6 is 0 Å². The summed E-state index contributed by atoms with van der Waals surface area (Å²) in [6.45, 7) is 2.43. The minimum absolute atomic E-state index is 0.223. The molecule has 5 nitrogen and oxygen atoms in total. The quantitative estimate of drug-likeness (QED) is 0.819. The molecule has 16 heavy (non-hydrogen) atoms. The second-order valence-corrected chi connectivity index (χ2v) is 3.84. The van der Waals surface area contributed by atoms with E-state index < -0.39 is 0 Å². The number of likely N-dealkylation sites (tertiary alicyclic amines) is 1. The van der Waals surface area contributed by atoms with Gasteiger partial charge in [0.2, 0.25) is 11.9 Å². The summed E-state index contributed by atoms with van der Waals surface area (Å²) in [5.41, 5.74) is 0. The lowest BCUT2D eigenvalue weighted by atomic mass is 10.3. The van der Waals surface area contributed by atoms with Gasteiger partial charge in [0.15, 0.2) is 0 Å². The van der Waals surface area contributed by atoms with Crippen molar-refractivity contribution in [3.63, 3.8) is 0 Å². The SMILES string of the molecule is O=C(CCNc1ncccn1)N1CCCC1. The van der Waals surface area contributed by atoms with Crippen molar-refractivity contribution in [1.82, 2.24) is 14.9 Å². The molecule has 2 rings (SSSR count). The van der Waals surface area contributed by atoms with Gasteiger partial charge < -0.3 is 10.2 Å². The van der Waals surface area contributed by atoms with Crippen LogP contribution in [0.4, 0.5) is 5.95 Å². The fourth-order valence-corrected chi connectivity index (χ4v) is 1.80. The van der Waals surface area contributed by atoms with E-state index in [0.717, 1.165) is 25.9 Å². The molecule has 1 amide bonds. The zero-order valence-electron chi connectivity index (χ0n) is 9.22. The fraction of sp³-hybridized carbons (Fsp3) is 0.545. The molecule has 0 unspecified atom stereocenters. The van der Waals surface area contributed by atoms with E-state index in [0.29, 0.717) is 18.9 Å². The molecule has 0 spiro atoms. The summed E-state index contributed by atoms with van der Waals surface area (Å²) in [7, 11) is 0. The Morgan fingerprint density at radius 2 is 2.00 bits per heavy atom. The first-order valence-corrected chi connectivity index (χ1v) is 5.65. The molecule has 1 saturated heterocycles. The number of nitrogens with zero attached hydrogens (tertiary/aromatic N) is 3. The molecule has 0 radical (unpaired) electrons. The average molecular weight is 220 g/mol. The minimum Gasteiger partial charge on any atom is -0.354 e. The Hall–Kier alpha value is -1.65. The highest BCUT2D eigenvalue weighted by atomic mass is 16.2. The molecule has 1 aromatic heterocycles. The van der Waals surface area contributed by atoms with Crippen LogP contribution in [0, 0.1) is 0 Å². The van der Waals surface area contributed by atoms with Crippen molar-refractivity contribution in [3.8, 4) is 0 Å². The Balaban J connectivity index is 1.70. The Kier molecular flexibility index (Phi) is 3.69. The van der Waals surface area contributed by atoms with Gasteiger partial charge in [0, 0.05) is 38.4 Å². The van der Waals surface area contributed by atoms with Gasteiger partial charge in [-0.15, -0.1) is 0 Å². The molecule has 5 heteroatoms. The molecule has 1 N–H and O–H groups in total. The highest BCUT2D eigenvalue weighted by Gasteiger charge is 2.16. The zero-order valence-corrected chi connectivity index (χ0v) is 9.22. The van der Waals surface area contributed by atoms with E-state index in [4.69, 9.17) is 0 Å². The predicted octanol–water partition coefficient (Wildman–Crippen LogP) is 0.901. The van der Waals surface area contributed by atoms with Gasteiger partial charge in [-0.2, -0.15) is 0 Å². The summed E-state index contributed by atoms with van der Waals surface area (Å²) in [5.74, 6) is 0.803. The number of anilines is 1. The van der Waals surface area contributed by atoms with Gasteiger partial charge in [-0.25, -0.2) is 9.97 Å². The van der Waals surface area contributed by atoms with Gasteiger partial charge in [-0.3, -0.25) is 4.79 Å². The van der Waals surface area contributed by atoms with Crippen molar-refractivity contribution < 1.29 is 4.79 Å². The second-order valence-electron chi connectivity index (χ2n) is 3.84. The van der Waals surface area contributed by atoms with Crippen LogP contribution in [0.15, 0.2) is 18.5 Å². The molecule has 86 valence electrons. The number of nitrogens with one attached hydrogen (secondary N) is 1. The largest absolute Gasteiger partial charge is 0.354 e. The van der Waals surface area contributed by atoms with Crippen molar-refractivity contribution in [2.45, 2.75) is 19.3 Å². The molecule has 1 fully saturated rings. The van der Waals surface area contributed by atoms with Gasteiger partial charge in [-0.1, -0.05) is 0 Å². The maximum atomic E-state index is 11.7. The number of hydrogen-bond donors (Lipinski definition) is 1. The van der Waals surface area contributed by atoms with Crippen molar-refractivity contribution in [3.05, 3.63) is 18.5 Å². The first kappa shape index (κ1) is 10.9. The van der Waals surface area contributed by atoms with Crippen LogP contribution in [0.5, 0.6) is 0 Å². The Labute approximate surface area is 94.9 Å². The van der Waals surface area contributed by atoms with E-state index >= 15 is 0 Å². The van der Waals surface area contributed by atoms with Crippen molar-refractivity contribution in [2.24, 2.45) is 0 Å². The highest BCUT2D eigenvalue weighted by molar-refractivity contribution is 5.76. The highest BCUT2D eigenvalue weighted by Crippen LogP contribution is 2.08. The van der Waals surface area contributed by atoms with E-state index in [9.17, 15) is 4.79 Å². The monoisotopic (exact) mass is 220 g/mol. The van der Waals surface area contributed by atoms with Crippen LogP contribution in [0.25, 0.3) is 0 Å².